The standard InChI is InChI=1S/C19H23N3O2S/c1-12(2)9-22(10-13-5-4-8-24-13)11-16-20-18(23)17-14-6-3-7-15(14)25-19(17)21-16/h4-5,8,12H,3,6-7,9-11H2,1-2H3,(H,20,21,23). The summed E-state index contributed by atoms with van der Waals surface area (Å²) >= 11 is 1.69. The molecule has 0 aliphatic heterocycles. The van der Waals surface area contributed by atoms with E-state index < -0.39 is 0 Å². The molecule has 0 saturated heterocycles. The van der Waals surface area contributed by atoms with Crippen LogP contribution in [0.3, 0.4) is 0 Å². The van der Waals surface area contributed by atoms with Gasteiger partial charge in [-0.1, -0.05) is 13.8 Å². The molecule has 0 atom stereocenters. The molecule has 0 saturated carbocycles. The molecule has 1 aliphatic carbocycles. The Hall–Kier alpha value is -1.92. The lowest BCUT2D eigenvalue weighted by Crippen LogP contribution is -2.28. The van der Waals surface area contributed by atoms with E-state index in [2.05, 4.69) is 23.7 Å². The maximum absolute atomic E-state index is 12.6. The molecular formula is C19H23N3O2S. The van der Waals surface area contributed by atoms with Crippen molar-refractivity contribution in [2.75, 3.05) is 6.54 Å². The van der Waals surface area contributed by atoms with Crippen molar-refractivity contribution in [2.24, 2.45) is 5.92 Å². The molecule has 25 heavy (non-hydrogen) atoms. The molecule has 0 unspecified atom stereocenters. The molecule has 0 radical (unpaired) electrons. The number of fused-ring (bicyclic) bond motifs is 3. The van der Waals surface area contributed by atoms with Gasteiger partial charge in [-0.05, 0) is 42.9 Å². The maximum Gasteiger partial charge on any atom is 0.259 e. The van der Waals surface area contributed by atoms with Crippen molar-refractivity contribution >= 4 is 21.6 Å². The van der Waals surface area contributed by atoms with E-state index in [1.807, 2.05) is 12.1 Å². The highest BCUT2D eigenvalue weighted by Crippen LogP contribution is 2.34. The van der Waals surface area contributed by atoms with Crippen LogP contribution in [0, 0.1) is 5.92 Å². The van der Waals surface area contributed by atoms with Gasteiger partial charge in [0.15, 0.2) is 0 Å². The third-order valence-corrected chi connectivity index (χ3v) is 5.77. The number of aromatic nitrogens is 2. The zero-order chi connectivity index (χ0) is 17.4. The smallest absolute Gasteiger partial charge is 0.259 e. The van der Waals surface area contributed by atoms with Crippen molar-refractivity contribution in [3.63, 3.8) is 0 Å². The summed E-state index contributed by atoms with van der Waals surface area (Å²) in [4.78, 5) is 24.9. The Morgan fingerprint density at radius 1 is 1.36 bits per heavy atom. The van der Waals surface area contributed by atoms with Gasteiger partial charge in [-0.3, -0.25) is 9.69 Å². The monoisotopic (exact) mass is 357 g/mol. The number of aryl methyl sites for hydroxylation is 2. The van der Waals surface area contributed by atoms with Gasteiger partial charge < -0.3 is 9.40 Å². The molecule has 132 valence electrons. The number of H-pyrrole nitrogens is 1. The van der Waals surface area contributed by atoms with E-state index in [-0.39, 0.29) is 5.56 Å². The Bertz CT molecular complexity index is 924. The summed E-state index contributed by atoms with van der Waals surface area (Å²) < 4.78 is 5.49. The molecule has 3 heterocycles. The van der Waals surface area contributed by atoms with Crippen molar-refractivity contribution in [3.05, 3.63) is 50.8 Å². The van der Waals surface area contributed by atoms with E-state index in [1.165, 1.54) is 10.4 Å². The van der Waals surface area contributed by atoms with Crippen molar-refractivity contribution < 1.29 is 4.42 Å². The quantitative estimate of drug-likeness (QED) is 0.730. The van der Waals surface area contributed by atoms with Crippen LogP contribution in [-0.4, -0.2) is 21.4 Å². The highest BCUT2D eigenvalue weighted by molar-refractivity contribution is 7.18. The summed E-state index contributed by atoms with van der Waals surface area (Å²) in [5.41, 5.74) is 1.25. The van der Waals surface area contributed by atoms with Gasteiger partial charge in [0.1, 0.15) is 16.4 Å². The Labute approximate surface area is 150 Å². The number of hydrogen-bond donors (Lipinski definition) is 1. The number of furan rings is 1. The fourth-order valence-corrected chi connectivity index (χ4v) is 4.94. The second kappa shape index (κ2) is 6.77. The zero-order valence-electron chi connectivity index (χ0n) is 14.7. The highest BCUT2D eigenvalue weighted by Gasteiger charge is 2.21. The van der Waals surface area contributed by atoms with Crippen LogP contribution in [0.25, 0.3) is 10.2 Å². The van der Waals surface area contributed by atoms with E-state index in [1.54, 1.807) is 17.6 Å². The third kappa shape index (κ3) is 3.41. The normalized spacial score (nSPS) is 14.1. The highest BCUT2D eigenvalue weighted by atomic mass is 32.1. The van der Waals surface area contributed by atoms with Gasteiger partial charge in [0, 0.05) is 11.4 Å². The van der Waals surface area contributed by atoms with Crippen LogP contribution in [0.5, 0.6) is 0 Å². The number of nitrogens with one attached hydrogen (secondary N) is 1. The molecule has 5 nitrogen and oxygen atoms in total. The van der Waals surface area contributed by atoms with Crippen LogP contribution < -0.4 is 5.56 Å². The fraction of sp³-hybridized carbons (Fsp3) is 0.474. The average Bonchev–Trinajstić information content (AvgIpc) is 3.22. The number of rotatable bonds is 6. The lowest BCUT2D eigenvalue weighted by molar-refractivity contribution is 0.206. The van der Waals surface area contributed by atoms with E-state index >= 15 is 0 Å². The first-order chi connectivity index (χ1) is 12.1. The van der Waals surface area contributed by atoms with Crippen LogP contribution in [0.4, 0.5) is 0 Å². The Morgan fingerprint density at radius 2 is 2.24 bits per heavy atom. The minimum atomic E-state index is 0.0156. The van der Waals surface area contributed by atoms with Crippen molar-refractivity contribution in [2.45, 2.75) is 46.2 Å². The largest absolute Gasteiger partial charge is 0.468 e. The van der Waals surface area contributed by atoms with Crippen LogP contribution in [0.2, 0.25) is 0 Å². The number of aromatic amines is 1. The molecule has 1 aliphatic rings. The van der Waals surface area contributed by atoms with Crippen molar-refractivity contribution in [1.82, 2.24) is 14.9 Å². The predicted octanol–water partition coefficient (Wildman–Crippen LogP) is 3.72. The number of nitrogens with zero attached hydrogens (tertiary/aromatic N) is 2. The number of hydrogen-bond acceptors (Lipinski definition) is 5. The second-order valence-electron chi connectivity index (χ2n) is 7.19. The maximum atomic E-state index is 12.6. The SMILES string of the molecule is CC(C)CN(Cc1nc2sc3c(c2c(=O)[nH]1)CCC3)Cc1ccco1. The van der Waals surface area contributed by atoms with Gasteiger partial charge in [-0.2, -0.15) is 0 Å². The zero-order valence-corrected chi connectivity index (χ0v) is 15.5. The molecule has 0 spiro atoms. The van der Waals surface area contributed by atoms with E-state index in [0.29, 0.717) is 19.0 Å². The molecule has 3 aromatic rings. The van der Waals surface area contributed by atoms with Crippen molar-refractivity contribution in [1.29, 1.82) is 0 Å². The summed E-state index contributed by atoms with van der Waals surface area (Å²) in [5.74, 6) is 2.19. The summed E-state index contributed by atoms with van der Waals surface area (Å²) in [7, 11) is 0. The molecule has 1 N–H and O–H groups in total. The van der Waals surface area contributed by atoms with E-state index in [9.17, 15) is 4.79 Å². The molecular weight excluding hydrogens is 334 g/mol. The first-order valence-electron chi connectivity index (χ1n) is 8.88. The van der Waals surface area contributed by atoms with Crippen LogP contribution in [0.1, 0.15) is 42.3 Å². The lowest BCUT2D eigenvalue weighted by atomic mass is 10.2. The summed E-state index contributed by atoms with van der Waals surface area (Å²) in [6.45, 7) is 6.64. The van der Waals surface area contributed by atoms with Crippen LogP contribution >= 0.6 is 11.3 Å². The molecule has 0 fully saturated rings. The Balaban J connectivity index is 1.62. The first kappa shape index (κ1) is 16.5. The first-order valence-corrected chi connectivity index (χ1v) is 9.70. The van der Waals surface area contributed by atoms with Gasteiger partial charge >= 0.3 is 0 Å². The molecule has 0 bridgehead atoms. The number of thiophene rings is 1. The van der Waals surface area contributed by atoms with Crippen LogP contribution in [-0.2, 0) is 25.9 Å². The topological polar surface area (TPSA) is 62.1 Å². The molecule has 6 heteroatoms. The molecule has 0 aromatic carbocycles. The minimum absolute atomic E-state index is 0.0156. The van der Waals surface area contributed by atoms with Gasteiger partial charge in [0.2, 0.25) is 0 Å². The average molecular weight is 357 g/mol. The lowest BCUT2D eigenvalue weighted by Gasteiger charge is -2.22. The Morgan fingerprint density at radius 3 is 3.00 bits per heavy atom. The van der Waals surface area contributed by atoms with Gasteiger partial charge in [0.25, 0.3) is 5.56 Å². The summed E-state index contributed by atoms with van der Waals surface area (Å²) in [6, 6.07) is 3.89. The minimum Gasteiger partial charge on any atom is -0.468 e. The summed E-state index contributed by atoms with van der Waals surface area (Å²) in [6.07, 6.45) is 4.95. The second-order valence-corrected chi connectivity index (χ2v) is 8.28. The molecule has 0 amide bonds. The van der Waals surface area contributed by atoms with Gasteiger partial charge in [-0.15, -0.1) is 11.3 Å². The third-order valence-electron chi connectivity index (χ3n) is 4.58. The Kier molecular flexibility index (Phi) is 4.48. The van der Waals surface area contributed by atoms with E-state index in [0.717, 1.165) is 47.6 Å². The van der Waals surface area contributed by atoms with Crippen molar-refractivity contribution in [3.8, 4) is 0 Å². The summed E-state index contributed by atoms with van der Waals surface area (Å²) in [5, 5.41) is 0.822. The predicted molar refractivity (Wildman–Crippen MR) is 99.9 cm³/mol. The molecule has 4 rings (SSSR count). The van der Waals surface area contributed by atoms with Gasteiger partial charge in [-0.25, -0.2) is 4.98 Å². The fourth-order valence-electron chi connectivity index (χ4n) is 3.66. The van der Waals surface area contributed by atoms with E-state index in [4.69, 9.17) is 9.40 Å². The van der Waals surface area contributed by atoms with Crippen LogP contribution in [0.15, 0.2) is 27.6 Å². The van der Waals surface area contributed by atoms with Gasteiger partial charge in [0.05, 0.1) is 24.7 Å². The molecule has 3 aromatic heterocycles.